The largest absolute Gasteiger partial charge is 0.493 e. The summed E-state index contributed by atoms with van der Waals surface area (Å²) in [6.45, 7) is 2.05. The van der Waals surface area contributed by atoms with E-state index in [1.807, 2.05) is 12.1 Å². The van der Waals surface area contributed by atoms with Gasteiger partial charge in [-0.2, -0.15) is 0 Å². The highest BCUT2D eigenvalue weighted by atomic mass is 16.5. The van der Waals surface area contributed by atoms with Gasteiger partial charge in [-0.1, -0.05) is 36.4 Å². The number of hydrogen-bond donors (Lipinski definition) is 1. The van der Waals surface area contributed by atoms with Gasteiger partial charge >= 0.3 is 0 Å². The molecule has 2 heterocycles. The summed E-state index contributed by atoms with van der Waals surface area (Å²) < 4.78 is 16.9. The van der Waals surface area contributed by atoms with Crippen LogP contribution in [0.1, 0.15) is 30.9 Å². The smallest absolute Gasteiger partial charge is 0.246 e. The van der Waals surface area contributed by atoms with Gasteiger partial charge in [0.25, 0.3) is 0 Å². The van der Waals surface area contributed by atoms with Crippen molar-refractivity contribution in [2.24, 2.45) is 0 Å². The van der Waals surface area contributed by atoms with Crippen LogP contribution in [-0.2, 0) is 14.3 Å². The average molecular weight is 341 g/mol. The molecule has 5 heteroatoms. The van der Waals surface area contributed by atoms with Crippen molar-refractivity contribution in [2.75, 3.05) is 26.4 Å². The molecule has 1 fully saturated rings. The molecule has 0 radical (unpaired) electrons. The lowest BCUT2D eigenvalue weighted by Crippen LogP contribution is -2.33. The number of fused-ring (bicyclic) bond motifs is 3. The van der Waals surface area contributed by atoms with Crippen LogP contribution in [0.5, 0.6) is 5.75 Å². The topological polar surface area (TPSA) is 56.8 Å². The first kappa shape index (κ1) is 16.4. The van der Waals surface area contributed by atoms with Crippen LogP contribution in [0.4, 0.5) is 0 Å². The first-order valence-corrected chi connectivity index (χ1v) is 8.94. The molecule has 25 heavy (non-hydrogen) atoms. The van der Waals surface area contributed by atoms with Gasteiger partial charge in [-0.05, 0) is 24.6 Å². The third-order valence-corrected chi connectivity index (χ3v) is 4.84. The van der Waals surface area contributed by atoms with Crippen LogP contribution in [0.2, 0.25) is 0 Å². The highest BCUT2D eigenvalue weighted by Crippen LogP contribution is 2.37. The van der Waals surface area contributed by atoms with Crippen molar-refractivity contribution < 1.29 is 19.0 Å². The van der Waals surface area contributed by atoms with E-state index in [0.717, 1.165) is 41.3 Å². The lowest BCUT2D eigenvalue weighted by Gasteiger charge is -2.20. The van der Waals surface area contributed by atoms with Gasteiger partial charge in [0.15, 0.2) is 0 Å². The molecule has 132 valence electrons. The van der Waals surface area contributed by atoms with Gasteiger partial charge < -0.3 is 19.5 Å². The van der Waals surface area contributed by atoms with Crippen molar-refractivity contribution in [3.8, 4) is 5.75 Å². The molecule has 4 rings (SSSR count). The SMILES string of the molecule is O=C(COC1CCOC1)NC1CCCOc2c1ccc1ccccc21. The highest BCUT2D eigenvalue weighted by Gasteiger charge is 2.24. The van der Waals surface area contributed by atoms with Crippen molar-refractivity contribution in [3.63, 3.8) is 0 Å². The predicted molar refractivity (Wildman–Crippen MR) is 94.7 cm³/mol. The van der Waals surface area contributed by atoms with E-state index < -0.39 is 0 Å². The Kier molecular flexibility index (Phi) is 4.85. The van der Waals surface area contributed by atoms with E-state index in [0.29, 0.717) is 19.8 Å². The summed E-state index contributed by atoms with van der Waals surface area (Å²) in [6.07, 6.45) is 2.67. The Bertz CT molecular complexity index is 754. The van der Waals surface area contributed by atoms with Gasteiger partial charge in [0.2, 0.25) is 5.91 Å². The molecule has 0 saturated carbocycles. The molecule has 0 aliphatic carbocycles. The van der Waals surface area contributed by atoms with Gasteiger partial charge in [0, 0.05) is 17.6 Å². The predicted octanol–water partition coefficient (Wildman–Crippen LogP) is 2.98. The summed E-state index contributed by atoms with van der Waals surface area (Å²) in [7, 11) is 0. The zero-order valence-corrected chi connectivity index (χ0v) is 14.2. The fourth-order valence-electron chi connectivity index (χ4n) is 3.54. The third-order valence-electron chi connectivity index (χ3n) is 4.84. The minimum atomic E-state index is -0.0853. The summed E-state index contributed by atoms with van der Waals surface area (Å²) >= 11 is 0. The van der Waals surface area contributed by atoms with Crippen LogP contribution in [0.3, 0.4) is 0 Å². The Morgan fingerprint density at radius 1 is 1.16 bits per heavy atom. The molecule has 1 N–H and O–H groups in total. The Hall–Kier alpha value is -2.11. The highest BCUT2D eigenvalue weighted by molar-refractivity contribution is 5.90. The van der Waals surface area contributed by atoms with E-state index in [-0.39, 0.29) is 24.7 Å². The third kappa shape index (κ3) is 3.62. The van der Waals surface area contributed by atoms with Gasteiger partial charge in [-0.3, -0.25) is 4.79 Å². The molecule has 2 unspecified atom stereocenters. The van der Waals surface area contributed by atoms with Crippen LogP contribution >= 0.6 is 0 Å². The van der Waals surface area contributed by atoms with Crippen LogP contribution in [0, 0.1) is 0 Å². The number of rotatable bonds is 4. The summed E-state index contributed by atoms with van der Waals surface area (Å²) in [5.41, 5.74) is 1.05. The van der Waals surface area contributed by atoms with E-state index in [2.05, 4.69) is 29.6 Å². The molecule has 2 aromatic carbocycles. The molecule has 1 amide bonds. The minimum absolute atomic E-state index is 0.0412. The Morgan fingerprint density at radius 2 is 2.08 bits per heavy atom. The van der Waals surface area contributed by atoms with E-state index in [9.17, 15) is 4.79 Å². The molecular formula is C20H23NO4. The zero-order valence-electron chi connectivity index (χ0n) is 14.2. The van der Waals surface area contributed by atoms with Crippen LogP contribution in [0.25, 0.3) is 10.8 Å². The van der Waals surface area contributed by atoms with Crippen molar-refractivity contribution in [1.29, 1.82) is 0 Å². The molecule has 2 aliphatic heterocycles. The van der Waals surface area contributed by atoms with Crippen molar-refractivity contribution >= 4 is 16.7 Å². The molecule has 5 nitrogen and oxygen atoms in total. The fraction of sp³-hybridized carbons (Fsp3) is 0.450. The molecule has 2 aromatic rings. The van der Waals surface area contributed by atoms with Crippen molar-refractivity contribution in [1.82, 2.24) is 5.32 Å². The molecule has 1 saturated heterocycles. The number of ether oxygens (including phenoxy) is 3. The second-order valence-electron chi connectivity index (χ2n) is 6.61. The first-order valence-electron chi connectivity index (χ1n) is 8.94. The number of carbonyl (C=O) groups is 1. The van der Waals surface area contributed by atoms with E-state index in [1.54, 1.807) is 0 Å². The Labute approximate surface area is 147 Å². The van der Waals surface area contributed by atoms with Gasteiger partial charge in [-0.25, -0.2) is 0 Å². The lowest BCUT2D eigenvalue weighted by atomic mass is 9.98. The van der Waals surface area contributed by atoms with Crippen LogP contribution in [-0.4, -0.2) is 38.4 Å². The van der Waals surface area contributed by atoms with Gasteiger partial charge in [0.05, 0.1) is 25.4 Å². The second-order valence-corrected chi connectivity index (χ2v) is 6.61. The van der Waals surface area contributed by atoms with Gasteiger partial charge in [0.1, 0.15) is 12.4 Å². The van der Waals surface area contributed by atoms with Crippen LogP contribution < -0.4 is 10.1 Å². The second kappa shape index (κ2) is 7.42. The van der Waals surface area contributed by atoms with E-state index in [1.165, 1.54) is 0 Å². The van der Waals surface area contributed by atoms with Gasteiger partial charge in [-0.15, -0.1) is 0 Å². The van der Waals surface area contributed by atoms with Crippen molar-refractivity contribution in [2.45, 2.75) is 31.4 Å². The standard InChI is InChI=1S/C20H23NO4/c22-19(13-25-15-9-11-23-12-15)21-18-6-3-10-24-20-16-5-2-1-4-14(16)7-8-17(18)20/h1-2,4-5,7-8,15,18H,3,6,9-13H2,(H,21,22). The normalized spacial score (nSPS) is 22.9. The number of nitrogens with one attached hydrogen (secondary N) is 1. The molecule has 0 bridgehead atoms. The summed E-state index contributed by atoms with van der Waals surface area (Å²) in [5, 5.41) is 5.37. The minimum Gasteiger partial charge on any atom is -0.493 e. The molecular weight excluding hydrogens is 318 g/mol. The lowest BCUT2D eigenvalue weighted by molar-refractivity contribution is -0.128. The maximum absolute atomic E-state index is 12.3. The summed E-state index contributed by atoms with van der Waals surface area (Å²) in [4.78, 5) is 12.3. The maximum atomic E-state index is 12.3. The molecule has 0 spiro atoms. The number of amides is 1. The summed E-state index contributed by atoms with van der Waals surface area (Å²) in [5.74, 6) is 0.809. The molecule has 0 aromatic heterocycles. The molecule has 2 atom stereocenters. The zero-order chi connectivity index (χ0) is 17.1. The number of hydrogen-bond acceptors (Lipinski definition) is 4. The molecule has 2 aliphatic rings. The Balaban J connectivity index is 1.50. The quantitative estimate of drug-likeness (QED) is 0.929. The Morgan fingerprint density at radius 3 is 2.96 bits per heavy atom. The van der Waals surface area contributed by atoms with E-state index >= 15 is 0 Å². The monoisotopic (exact) mass is 341 g/mol. The van der Waals surface area contributed by atoms with E-state index in [4.69, 9.17) is 14.2 Å². The first-order chi connectivity index (χ1) is 12.3. The fourth-order valence-corrected chi connectivity index (χ4v) is 3.54. The maximum Gasteiger partial charge on any atom is 0.246 e. The van der Waals surface area contributed by atoms with Crippen molar-refractivity contribution in [3.05, 3.63) is 42.0 Å². The average Bonchev–Trinajstić information content (AvgIpc) is 3.08. The van der Waals surface area contributed by atoms with Crippen LogP contribution in [0.15, 0.2) is 36.4 Å². The number of carbonyl (C=O) groups excluding carboxylic acids is 1. The summed E-state index contributed by atoms with van der Waals surface area (Å²) in [6, 6.07) is 12.3. The number of benzene rings is 2.